The fourth-order valence-electron chi connectivity index (χ4n) is 1.44. The first kappa shape index (κ1) is 13.1. The van der Waals surface area contributed by atoms with Crippen LogP contribution in [-0.4, -0.2) is 30.8 Å². The second-order valence-electron chi connectivity index (χ2n) is 3.53. The van der Waals surface area contributed by atoms with Crippen LogP contribution in [0.15, 0.2) is 38.5 Å². The van der Waals surface area contributed by atoms with Crippen molar-refractivity contribution in [3.05, 3.63) is 34.4 Å². The Morgan fingerprint density at radius 2 is 2.47 bits per heavy atom. The molecule has 0 unspecified atom stereocenters. The largest absolute Gasteiger partial charge is 0.409 e. The fraction of sp³-hybridized carbons (Fsp3) is 0.200. The van der Waals surface area contributed by atoms with Crippen LogP contribution < -0.4 is 11.4 Å². The standard InChI is InChI=1S/C10H12N6O2S/c1-2-16-9(17)13-14-10(16)19-7-5-6(3-4-12-7)8(11)15-18/h3-5,18H,2H2,1H3,(H2,11,15)(H,13,17). The Bertz CT molecular complexity index is 662. The van der Waals surface area contributed by atoms with Crippen molar-refractivity contribution in [1.29, 1.82) is 0 Å². The zero-order valence-electron chi connectivity index (χ0n) is 10.1. The molecular formula is C10H12N6O2S. The number of oxime groups is 1. The summed E-state index contributed by atoms with van der Waals surface area (Å²) in [5.74, 6) is -0.000778. The third-order valence-electron chi connectivity index (χ3n) is 2.37. The van der Waals surface area contributed by atoms with Gasteiger partial charge in [0.05, 0.1) is 0 Å². The van der Waals surface area contributed by atoms with E-state index in [2.05, 4.69) is 20.3 Å². The van der Waals surface area contributed by atoms with Crippen molar-refractivity contribution in [3.63, 3.8) is 0 Å². The number of hydrogen-bond donors (Lipinski definition) is 3. The molecule has 2 aromatic heterocycles. The van der Waals surface area contributed by atoms with Crippen LogP contribution in [0.1, 0.15) is 12.5 Å². The fourth-order valence-corrected chi connectivity index (χ4v) is 2.34. The molecule has 0 fully saturated rings. The molecule has 0 radical (unpaired) electrons. The number of amidine groups is 1. The molecule has 4 N–H and O–H groups in total. The van der Waals surface area contributed by atoms with Crippen molar-refractivity contribution in [2.45, 2.75) is 23.7 Å². The van der Waals surface area contributed by atoms with Gasteiger partial charge < -0.3 is 10.9 Å². The molecule has 19 heavy (non-hydrogen) atoms. The first-order chi connectivity index (χ1) is 9.15. The summed E-state index contributed by atoms with van der Waals surface area (Å²) < 4.78 is 1.49. The summed E-state index contributed by atoms with van der Waals surface area (Å²) in [5.41, 5.74) is 5.78. The lowest BCUT2D eigenvalue weighted by molar-refractivity contribution is 0.318. The molecular weight excluding hydrogens is 268 g/mol. The summed E-state index contributed by atoms with van der Waals surface area (Å²) in [4.78, 5) is 15.6. The van der Waals surface area contributed by atoms with Gasteiger partial charge in [0.1, 0.15) is 5.03 Å². The van der Waals surface area contributed by atoms with Crippen LogP contribution in [0.5, 0.6) is 0 Å². The number of H-pyrrole nitrogens is 1. The van der Waals surface area contributed by atoms with Gasteiger partial charge in [-0.15, -0.1) is 5.10 Å². The molecule has 0 bridgehead atoms. The zero-order valence-corrected chi connectivity index (χ0v) is 10.9. The van der Waals surface area contributed by atoms with Crippen LogP contribution in [0, 0.1) is 0 Å². The number of nitrogens with zero attached hydrogens (tertiary/aromatic N) is 4. The lowest BCUT2D eigenvalue weighted by Gasteiger charge is -2.03. The van der Waals surface area contributed by atoms with Crippen molar-refractivity contribution in [2.75, 3.05) is 0 Å². The molecule has 2 rings (SSSR count). The molecule has 0 aliphatic rings. The quantitative estimate of drug-likeness (QED) is 0.319. The highest BCUT2D eigenvalue weighted by atomic mass is 32.2. The number of nitrogens with two attached hydrogens (primary N) is 1. The monoisotopic (exact) mass is 280 g/mol. The highest BCUT2D eigenvalue weighted by molar-refractivity contribution is 7.99. The van der Waals surface area contributed by atoms with Gasteiger partial charge in [-0.1, -0.05) is 5.16 Å². The second-order valence-corrected chi connectivity index (χ2v) is 4.51. The van der Waals surface area contributed by atoms with Crippen molar-refractivity contribution >= 4 is 17.6 Å². The maximum absolute atomic E-state index is 11.4. The van der Waals surface area contributed by atoms with Crippen LogP contribution in [0.2, 0.25) is 0 Å². The minimum Gasteiger partial charge on any atom is -0.409 e. The molecule has 100 valence electrons. The smallest absolute Gasteiger partial charge is 0.343 e. The van der Waals surface area contributed by atoms with E-state index in [0.717, 1.165) is 0 Å². The van der Waals surface area contributed by atoms with Gasteiger partial charge >= 0.3 is 5.69 Å². The molecule has 0 spiro atoms. The average Bonchev–Trinajstić information content (AvgIpc) is 2.78. The third kappa shape index (κ3) is 2.76. The highest BCUT2D eigenvalue weighted by Gasteiger charge is 2.10. The lowest BCUT2D eigenvalue weighted by Crippen LogP contribution is -2.16. The maximum Gasteiger partial charge on any atom is 0.343 e. The van der Waals surface area contributed by atoms with Gasteiger partial charge in [-0.2, -0.15) is 0 Å². The number of nitrogens with one attached hydrogen (secondary N) is 1. The molecule has 0 aromatic carbocycles. The molecule has 0 amide bonds. The molecule has 0 aliphatic heterocycles. The van der Waals surface area contributed by atoms with Gasteiger partial charge in [0.25, 0.3) is 0 Å². The summed E-state index contributed by atoms with van der Waals surface area (Å²) in [5, 5.41) is 18.9. The number of aromatic amines is 1. The minimum absolute atomic E-state index is 0.000778. The summed E-state index contributed by atoms with van der Waals surface area (Å²) in [6.07, 6.45) is 1.54. The van der Waals surface area contributed by atoms with Crippen molar-refractivity contribution in [1.82, 2.24) is 19.7 Å². The highest BCUT2D eigenvalue weighted by Crippen LogP contribution is 2.23. The van der Waals surface area contributed by atoms with Crippen LogP contribution in [0.4, 0.5) is 0 Å². The van der Waals surface area contributed by atoms with E-state index in [1.165, 1.54) is 22.5 Å². The predicted molar refractivity (Wildman–Crippen MR) is 69.4 cm³/mol. The Morgan fingerprint density at radius 3 is 3.16 bits per heavy atom. The van der Waals surface area contributed by atoms with E-state index < -0.39 is 0 Å². The number of rotatable bonds is 4. The minimum atomic E-state index is -0.266. The van der Waals surface area contributed by atoms with Gasteiger partial charge in [0, 0.05) is 18.3 Å². The molecule has 0 saturated heterocycles. The van der Waals surface area contributed by atoms with E-state index in [1.807, 2.05) is 6.92 Å². The van der Waals surface area contributed by atoms with Crippen molar-refractivity contribution in [2.24, 2.45) is 10.9 Å². The SMILES string of the molecule is CCn1c(Sc2cc(C(N)=NO)ccn2)n[nH]c1=O. The van der Waals surface area contributed by atoms with Gasteiger partial charge in [0.2, 0.25) is 0 Å². The lowest BCUT2D eigenvalue weighted by atomic mass is 10.2. The molecule has 2 aromatic rings. The summed E-state index contributed by atoms with van der Waals surface area (Å²) in [7, 11) is 0. The Morgan fingerprint density at radius 1 is 1.68 bits per heavy atom. The summed E-state index contributed by atoms with van der Waals surface area (Å²) in [6.45, 7) is 2.36. The van der Waals surface area contributed by atoms with Gasteiger partial charge in [-0.25, -0.2) is 14.9 Å². The van der Waals surface area contributed by atoms with Crippen LogP contribution in [-0.2, 0) is 6.54 Å². The Hall–Kier alpha value is -2.29. The molecule has 0 aliphatic carbocycles. The van der Waals surface area contributed by atoms with Gasteiger partial charge in [-0.05, 0) is 30.8 Å². The van der Waals surface area contributed by atoms with E-state index in [-0.39, 0.29) is 11.5 Å². The van der Waals surface area contributed by atoms with Crippen LogP contribution >= 0.6 is 11.8 Å². The van der Waals surface area contributed by atoms with E-state index >= 15 is 0 Å². The first-order valence-electron chi connectivity index (χ1n) is 5.42. The van der Waals surface area contributed by atoms with Crippen molar-refractivity contribution < 1.29 is 5.21 Å². The third-order valence-corrected chi connectivity index (χ3v) is 3.30. The Kier molecular flexibility index (Phi) is 3.85. The first-order valence-corrected chi connectivity index (χ1v) is 6.24. The Labute approximate surface area is 112 Å². The van der Waals surface area contributed by atoms with E-state index in [1.54, 1.807) is 12.1 Å². The van der Waals surface area contributed by atoms with E-state index in [9.17, 15) is 4.79 Å². The number of pyridine rings is 1. The van der Waals surface area contributed by atoms with Crippen LogP contribution in [0.3, 0.4) is 0 Å². The van der Waals surface area contributed by atoms with E-state index in [0.29, 0.717) is 22.3 Å². The molecule has 0 atom stereocenters. The number of hydrogen-bond acceptors (Lipinski definition) is 6. The molecule has 2 heterocycles. The molecule has 0 saturated carbocycles. The predicted octanol–water partition coefficient (Wildman–Crippen LogP) is 0.232. The zero-order chi connectivity index (χ0) is 13.8. The van der Waals surface area contributed by atoms with Gasteiger partial charge in [0.15, 0.2) is 11.0 Å². The Balaban J connectivity index is 2.31. The maximum atomic E-state index is 11.4. The van der Waals surface area contributed by atoms with Crippen LogP contribution in [0.25, 0.3) is 0 Å². The normalized spacial score (nSPS) is 11.7. The van der Waals surface area contributed by atoms with Crippen molar-refractivity contribution in [3.8, 4) is 0 Å². The molecule has 9 heteroatoms. The molecule has 8 nitrogen and oxygen atoms in total. The average molecular weight is 280 g/mol. The second kappa shape index (κ2) is 5.57. The summed E-state index contributed by atoms with van der Waals surface area (Å²) >= 11 is 1.22. The van der Waals surface area contributed by atoms with E-state index in [4.69, 9.17) is 10.9 Å². The number of aromatic nitrogens is 4. The topological polar surface area (TPSA) is 122 Å². The van der Waals surface area contributed by atoms with Gasteiger partial charge in [-0.3, -0.25) is 4.57 Å². The summed E-state index contributed by atoms with van der Waals surface area (Å²) in [6, 6.07) is 3.27.